The van der Waals surface area contributed by atoms with E-state index in [9.17, 15) is 4.79 Å². The molecule has 27 heavy (non-hydrogen) atoms. The van der Waals surface area contributed by atoms with Crippen molar-refractivity contribution in [2.45, 2.75) is 5.16 Å². The minimum atomic E-state index is -0.183. The Labute approximate surface area is 163 Å². The first kappa shape index (κ1) is 17.6. The summed E-state index contributed by atoms with van der Waals surface area (Å²) in [5.41, 5.74) is 1.36. The van der Waals surface area contributed by atoms with Crippen molar-refractivity contribution in [3.05, 3.63) is 47.5 Å². The molecular weight excluding hydrogens is 390 g/mol. The second-order valence-corrected chi connectivity index (χ2v) is 6.93. The van der Waals surface area contributed by atoms with E-state index in [-0.39, 0.29) is 11.7 Å². The highest BCUT2D eigenvalue weighted by Crippen LogP contribution is 2.32. The fourth-order valence-corrected chi connectivity index (χ4v) is 3.36. The lowest BCUT2D eigenvalue weighted by Crippen LogP contribution is -2.17. The molecule has 3 aromatic rings. The number of rotatable bonds is 5. The minimum absolute atomic E-state index is 0.148. The number of fused-ring (bicyclic) bond motifs is 1. The number of aromatic nitrogens is 4. The Balaban J connectivity index is 1.40. The van der Waals surface area contributed by atoms with Gasteiger partial charge in [0.25, 0.3) is 0 Å². The molecule has 138 valence electrons. The molecule has 2 aromatic carbocycles. The van der Waals surface area contributed by atoms with E-state index < -0.39 is 0 Å². The van der Waals surface area contributed by atoms with E-state index in [1.165, 1.54) is 16.4 Å². The number of hydrogen-bond acceptors (Lipinski definition) is 7. The Bertz CT molecular complexity index is 981. The molecule has 0 fully saturated rings. The van der Waals surface area contributed by atoms with E-state index >= 15 is 0 Å². The van der Waals surface area contributed by atoms with E-state index in [2.05, 4.69) is 20.8 Å². The van der Waals surface area contributed by atoms with Gasteiger partial charge in [-0.05, 0) is 40.8 Å². The van der Waals surface area contributed by atoms with Gasteiger partial charge in [0.2, 0.25) is 11.1 Å². The number of benzene rings is 2. The van der Waals surface area contributed by atoms with Gasteiger partial charge in [-0.1, -0.05) is 29.4 Å². The van der Waals surface area contributed by atoms with Crippen LogP contribution >= 0.6 is 23.4 Å². The number of ether oxygens (including phenoxy) is 2. The van der Waals surface area contributed by atoms with Crippen molar-refractivity contribution in [2.24, 2.45) is 0 Å². The van der Waals surface area contributed by atoms with Crippen LogP contribution in [-0.2, 0) is 4.79 Å². The zero-order valence-electron chi connectivity index (χ0n) is 14.0. The molecule has 4 rings (SSSR count). The number of nitrogens with one attached hydrogen (secondary N) is 1. The highest BCUT2D eigenvalue weighted by Gasteiger charge is 2.15. The molecule has 10 heteroatoms. The fraction of sp³-hybridized carbons (Fsp3) is 0.176. The van der Waals surface area contributed by atoms with Crippen LogP contribution in [-0.4, -0.2) is 45.1 Å². The molecule has 0 bridgehead atoms. The summed E-state index contributed by atoms with van der Waals surface area (Å²) in [5.74, 6) is 1.26. The Morgan fingerprint density at radius 2 is 2.04 bits per heavy atom. The summed E-state index contributed by atoms with van der Waals surface area (Å²) in [5, 5.41) is 15.5. The molecule has 0 saturated heterocycles. The van der Waals surface area contributed by atoms with Crippen LogP contribution < -0.4 is 14.8 Å². The summed E-state index contributed by atoms with van der Waals surface area (Å²) >= 11 is 7.24. The normalized spacial score (nSPS) is 12.6. The van der Waals surface area contributed by atoms with Gasteiger partial charge in [-0.2, -0.15) is 4.68 Å². The highest BCUT2D eigenvalue weighted by atomic mass is 35.5. The number of thioether (sulfide) groups is 1. The summed E-state index contributed by atoms with van der Waals surface area (Å²) in [7, 11) is 0. The lowest BCUT2D eigenvalue weighted by atomic mass is 10.2. The van der Waals surface area contributed by atoms with Gasteiger partial charge in [0.15, 0.2) is 11.5 Å². The Morgan fingerprint density at radius 1 is 1.19 bits per heavy atom. The van der Waals surface area contributed by atoms with E-state index in [4.69, 9.17) is 21.1 Å². The topological polar surface area (TPSA) is 91.2 Å². The van der Waals surface area contributed by atoms with Crippen molar-refractivity contribution in [3.8, 4) is 17.2 Å². The summed E-state index contributed by atoms with van der Waals surface area (Å²) < 4.78 is 12.5. The van der Waals surface area contributed by atoms with Crippen molar-refractivity contribution in [1.82, 2.24) is 20.2 Å². The Morgan fingerprint density at radius 3 is 2.89 bits per heavy atom. The lowest BCUT2D eigenvalue weighted by Gasteiger charge is -2.18. The average molecular weight is 404 g/mol. The zero-order chi connectivity index (χ0) is 18.6. The number of tetrazole rings is 1. The van der Waals surface area contributed by atoms with E-state index in [1.807, 2.05) is 12.1 Å². The second-order valence-electron chi connectivity index (χ2n) is 5.55. The third kappa shape index (κ3) is 4.15. The molecule has 0 radical (unpaired) electrons. The summed E-state index contributed by atoms with van der Waals surface area (Å²) in [6, 6.07) is 12.4. The van der Waals surface area contributed by atoms with Crippen LogP contribution in [0.3, 0.4) is 0 Å². The van der Waals surface area contributed by atoms with Crippen molar-refractivity contribution in [1.29, 1.82) is 0 Å². The molecule has 0 spiro atoms. The first-order valence-electron chi connectivity index (χ1n) is 8.06. The van der Waals surface area contributed by atoms with E-state index in [0.29, 0.717) is 40.6 Å². The molecule has 1 aromatic heterocycles. The number of carbonyl (C=O) groups excluding carboxylic acids is 1. The zero-order valence-corrected chi connectivity index (χ0v) is 15.5. The molecule has 0 unspecified atom stereocenters. The molecule has 0 aliphatic carbocycles. The monoisotopic (exact) mass is 403 g/mol. The molecule has 0 atom stereocenters. The standard InChI is InChI=1S/C17H14ClN5O3S/c18-11-2-1-3-13(8-11)23-17(20-21-22-23)27-10-16(24)19-12-4-5-14-15(9-12)26-7-6-25-14/h1-5,8-9H,6-7,10H2,(H,19,24). The summed E-state index contributed by atoms with van der Waals surface area (Å²) in [4.78, 5) is 12.3. The summed E-state index contributed by atoms with van der Waals surface area (Å²) in [6.07, 6.45) is 0. The molecule has 1 amide bonds. The number of anilines is 1. The number of halogens is 1. The van der Waals surface area contributed by atoms with Gasteiger partial charge in [-0.3, -0.25) is 4.79 Å². The van der Waals surface area contributed by atoms with Gasteiger partial charge in [-0.15, -0.1) is 5.10 Å². The second kappa shape index (κ2) is 7.85. The van der Waals surface area contributed by atoms with E-state index in [0.717, 1.165) is 5.69 Å². The van der Waals surface area contributed by atoms with Crippen LogP contribution in [0.5, 0.6) is 11.5 Å². The fourth-order valence-electron chi connectivity index (χ4n) is 2.49. The quantitative estimate of drug-likeness (QED) is 0.655. The molecule has 1 aliphatic rings. The maximum Gasteiger partial charge on any atom is 0.234 e. The SMILES string of the molecule is O=C(CSc1nnnn1-c1cccc(Cl)c1)Nc1ccc2c(c1)OCCO2. The number of amides is 1. The Kier molecular flexibility index (Phi) is 5.12. The number of nitrogens with zero attached hydrogens (tertiary/aromatic N) is 4. The van der Waals surface area contributed by atoms with Crippen LogP contribution in [0.4, 0.5) is 5.69 Å². The number of hydrogen-bond donors (Lipinski definition) is 1. The van der Waals surface area contributed by atoms with Gasteiger partial charge in [0.1, 0.15) is 13.2 Å². The first-order valence-corrected chi connectivity index (χ1v) is 9.42. The predicted molar refractivity (Wildman–Crippen MR) is 101 cm³/mol. The van der Waals surface area contributed by atoms with Gasteiger partial charge >= 0.3 is 0 Å². The highest BCUT2D eigenvalue weighted by molar-refractivity contribution is 7.99. The van der Waals surface area contributed by atoms with Crippen LogP contribution in [0.25, 0.3) is 5.69 Å². The van der Waals surface area contributed by atoms with Crippen LogP contribution in [0.1, 0.15) is 0 Å². The minimum Gasteiger partial charge on any atom is -0.486 e. The Hall–Kier alpha value is -2.78. The average Bonchev–Trinajstić information content (AvgIpc) is 3.15. The molecule has 0 saturated carbocycles. The maximum absolute atomic E-state index is 12.3. The lowest BCUT2D eigenvalue weighted by molar-refractivity contribution is -0.113. The molecular formula is C17H14ClN5O3S. The van der Waals surface area contributed by atoms with Crippen molar-refractivity contribution < 1.29 is 14.3 Å². The molecule has 1 aliphatic heterocycles. The molecule has 2 heterocycles. The van der Waals surface area contributed by atoms with Gasteiger partial charge in [0, 0.05) is 16.8 Å². The third-order valence-corrected chi connectivity index (χ3v) is 4.81. The smallest absolute Gasteiger partial charge is 0.234 e. The van der Waals surface area contributed by atoms with Gasteiger partial charge < -0.3 is 14.8 Å². The van der Waals surface area contributed by atoms with Crippen LogP contribution in [0.15, 0.2) is 47.6 Å². The van der Waals surface area contributed by atoms with Crippen LogP contribution in [0, 0.1) is 0 Å². The van der Waals surface area contributed by atoms with Crippen molar-refractivity contribution in [3.63, 3.8) is 0 Å². The van der Waals surface area contributed by atoms with Crippen LogP contribution in [0.2, 0.25) is 5.02 Å². The van der Waals surface area contributed by atoms with Gasteiger partial charge in [-0.25, -0.2) is 0 Å². The first-order chi connectivity index (χ1) is 13.2. The predicted octanol–water partition coefficient (Wildman–Crippen LogP) is 2.82. The maximum atomic E-state index is 12.3. The molecule has 8 nitrogen and oxygen atoms in total. The third-order valence-electron chi connectivity index (χ3n) is 3.65. The summed E-state index contributed by atoms with van der Waals surface area (Å²) in [6.45, 7) is 1.02. The van der Waals surface area contributed by atoms with E-state index in [1.54, 1.807) is 30.3 Å². The molecule has 1 N–H and O–H groups in total. The van der Waals surface area contributed by atoms with Crippen molar-refractivity contribution >= 4 is 35.0 Å². The number of carbonyl (C=O) groups is 1. The van der Waals surface area contributed by atoms with Crippen molar-refractivity contribution in [2.75, 3.05) is 24.3 Å². The van der Waals surface area contributed by atoms with Gasteiger partial charge in [0.05, 0.1) is 11.4 Å². The largest absolute Gasteiger partial charge is 0.486 e.